The molecule has 5 nitrogen and oxygen atoms in total. The summed E-state index contributed by atoms with van der Waals surface area (Å²) in [4.78, 5) is 8.49. The summed E-state index contributed by atoms with van der Waals surface area (Å²) in [5, 5.41) is 3.28. The molecule has 0 radical (unpaired) electrons. The molecule has 0 aromatic carbocycles. The summed E-state index contributed by atoms with van der Waals surface area (Å²) in [6.45, 7) is 5.25. The molecule has 0 aliphatic heterocycles. The number of hydrogen-bond acceptors (Lipinski definition) is 5. The van der Waals surface area contributed by atoms with E-state index in [4.69, 9.17) is 10.5 Å². The first-order chi connectivity index (χ1) is 9.16. The molecular formula is C14H24N4O. The number of nitrogens with two attached hydrogens (primary N) is 1. The third-order valence-electron chi connectivity index (χ3n) is 3.60. The molecule has 1 aliphatic rings. The fourth-order valence-electron chi connectivity index (χ4n) is 2.45. The topological polar surface area (TPSA) is 73.1 Å². The average Bonchev–Trinajstić information content (AvgIpc) is 2.41. The first-order valence-corrected chi connectivity index (χ1v) is 7.13. The maximum atomic E-state index is 5.87. The maximum Gasteiger partial charge on any atom is 0.134 e. The van der Waals surface area contributed by atoms with Crippen LogP contribution in [0.2, 0.25) is 0 Å². The van der Waals surface area contributed by atoms with Gasteiger partial charge < -0.3 is 15.8 Å². The van der Waals surface area contributed by atoms with Crippen LogP contribution < -0.4 is 11.1 Å². The molecule has 0 amide bonds. The lowest BCUT2D eigenvalue weighted by atomic mass is 9.98. The SMILES string of the molecule is Cc1nc(N)c(C)c(NCCOC2CCCCC2)n1. The van der Waals surface area contributed by atoms with Crippen LogP contribution in [0.3, 0.4) is 0 Å². The summed E-state index contributed by atoms with van der Waals surface area (Å²) in [6.07, 6.45) is 6.83. The van der Waals surface area contributed by atoms with Crippen LogP contribution >= 0.6 is 0 Å². The smallest absolute Gasteiger partial charge is 0.134 e. The molecule has 1 fully saturated rings. The molecule has 0 atom stereocenters. The molecule has 1 saturated carbocycles. The van der Waals surface area contributed by atoms with E-state index in [2.05, 4.69) is 15.3 Å². The van der Waals surface area contributed by atoms with Crippen LogP contribution in [0.1, 0.15) is 43.5 Å². The molecule has 0 saturated heterocycles. The average molecular weight is 264 g/mol. The van der Waals surface area contributed by atoms with Crippen molar-refractivity contribution in [2.75, 3.05) is 24.2 Å². The van der Waals surface area contributed by atoms with Crippen LogP contribution in [0.5, 0.6) is 0 Å². The van der Waals surface area contributed by atoms with Crippen molar-refractivity contribution in [3.05, 3.63) is 11.4 Å². The van der Waals surface area contributed by atoms with Crippen molar-refractivity contribution in [2.24, 2.45) is 0 Å². The lowest BCUT2D eigenvalue weighted by molar-refractivity contribution is 0.0347. The molecule has 3 N–H and O–H groups in total. The summed E-state index contributed by atoms with van der Waals surface area (Å²) in [5.74, 6) is 2.05. The second-order valence-corrected chi connectivity index (χ2v) is 5.19. The molecule has 0 bridgehead atoms. The first kappa shape index (κ1) is 14.1. The van der Waals surface area contributed by atoms with Gasteiger partial charge >= 0.3 is 0 Å². The normalized spacial score (nSPS) is 16.5. The Bertz CT molecular complexity index is 416. The monoisotopic (exact) mass is 264 g/mol. The van der Waals surface area contributed by atoms with Crippen molar-refractivity contribution in [3.8, 4) is 0 Å². The number of nitrogens with zero attached hydrogens (tertiary/aromatic N) is 2. The van der Waals surface area contributed by atoms with Gasteiger partial charge in [0.2, 0.25) is 0 Å². The van der Waals surface area contributed by atoms with E-state index in [0.717, 1.165) is 17.9 Å². The van der Waals surface area contributed by atoms with Gasteiger partial charge in [0.25, 0.3) is 0 Å². The predicted molar refractivity (Wildman–Crippen MR) is 77.2 cm³/mol. The molecule has 2 rings (SSSR count). The lowest BCUT2D eigenvalue weighted by Crippen LogP contribution is -2.21. The van der Waals surface area contributed by atoms with Gasteiger partial charge in [-0.3, -0.25) is 0 Å². The van der Waals surface area contributed by atoms with Gasteiger partial charge in [0.1, 0.15) is 17.5 Å². The van der Waals surface area contributed by atoms with Crippen molar-refractivity contribution < 1.29 is 4.74 Å². The minimum absolute atomic E-state index is 0.453. The van der Waals surface area contributed by atoms with Crippen molar-refractivity contribution in [1.29, 1.82) is 0 Å². The van der Waals surface area contributed by atoms with Crippen molar-refractivity contribution in [3.63, 3.8) is 0 Å². The Morgan fingerprint density at radius 2 is 1.95 bits per heavy atom. The highest BCUT2D eigenvalue weighted by molar-refractivity contribution is 5.54. The van der Waals surface area contributed by atoms with E-state index in [1.165, 1.54) is 32.1 Å². The Morgan fingerprint density at radius 3 is 2.68 bits per heavy atom. The molecule has 106 valence electrons. The lowest BCUT2D eigenvalue weighted by Gasteiger charge is -2.22. The zero-order valence-corrected chi connectivity index (χ0v) is 11.9. The molecule has 0 unspecified atom stereocenters. The summed E-state index contributed by atoms with van der Waals surface area (Å²) in [6, 6.07) is 0. The number of nitrogens with one attached hydrogen (secondary N) is 1. The van der Waals surface area contributed by atoms with Crippen LogP contribution in [0, 0.1) is 13.8 Å². The summed E-state index contributed by atoms with van der Waals surface area (Å²) in [7, 11) is 0. The highest BCUT2D eigenvalue weighted by Gasteiger charge is 2.13. The standard InChI is InChI=1S/C14H24N4O/c1-10-13(15)17-11(2)18-14(10)16-8-9-19-12-6-4-3-5-7-12/h12H,3-9H2,1-2H3,(H3,15,16,17,18). The largest absolute Gasteiger partial charge is 0.383 e. The van der Waals surface area contributed by atoms with Crippen LogP contribution in [0.4, 0.5) is 11.6 Å². The maximum absolute atomic E-state index is 5.87. The zero-order valence-electron chi connectivity index (χ0n) is 11.9. The van der Waals surface area contributed by atoms with E-state index in [9.17, 15) is 0 Å². The van der Waals surface area contributed by atoms with Crippen LogP contribution in [0.15, 0.2) is 0 Å². The van der Waals surface area contributed by atoms with Gasteiger partial charge in [-0.25, -0.2) is 9.97 Å². The van der Waals surface area contributed by atoms with E-state index in [0.29, 0.717) is 24.4 Å². The van der Waals surface area contributed by atoms with E-state index in [1.54, 1.807) is 0 Å². The molecule has 0 spiro atoms. The molecule has 1 heterocycles. The fourth-order valence-corrected chi connectivity index (χ4v) is 2.45. The third kappa shape index (κ3) is 4.06. The molecule has 19 heavy (non-hydrogen) atoms. The summed E-state index contributed by atoms with van der Waals surface area (Å²) < 4.78 is 5.87. The Kier molecular flexibility index (Phi) is 4.96. The van der Waals surface area contributed by atoms with Gasteiger partial charge in [-0.15, -0.1) is 0 Å². The Labute approximate surface area is 115 Å². The van der Waals surface area contributed by atoms with Crippen molar-refractivity contribution >= 4 is 11.6 Å². The number of hydrogen-bond donors (Lipinski definition) is 2. The van der Waals surface area contributed by atoms with Gasteiger partial charge in [0.15, 0.2) is 0 Å². The summed E-state index contributed by atoms with van der Waals surface area (Å²) >= 11 is 0. The second-order valence-electron chi connectivity index (χ2n) is 5.19. The van der Waals surface area contributed by atoms with Gasteiger partial charge in [-0.1, -0.05) is 19.3 Å². The quantitative estimate of drug-likeness (QED) is 0.799. The van der Waals surface area contributed by atoms with Gasteiger partial charge in [0.05, 0.1) is 12.7 Å². The van der Waals surface area contributed by atoms with Gasteiger partial charge in [-0.2, -0.15) is 0 Å². The van der Waals surface area contributed by atoms with Crippen LogP contribution in [0.25, 0.3) is 0 Å². The zero-order chi connectivity index (χ0) is 13.7. The second kappa shape index (κ2) is 6.70. The predicted octanol–water partition coefficient (Wildman–Crippen LogP) is 2.44. The van der Waals surface area contributed by atoms with Crippen LogP contribution in [-0.2, 0) is 4.74 Å². The van der Waals surface area contributed by atoms with Crippen molar-refractivity contribution in [2.45, 2.75) is 52.1 Å². The van der Waals surface area contributed by atoms with E-state index in [-0.39, 0.29) is 0 Å². The first-order valence-electron chi connectivity index (χ1n) is 7.13. The number of rotatable bonds is 5. The number of ether oxygens (including phenoxy) is 1. The number of anilines is 2. The highest BCUT2D eigenvalue weighted by atomic mass is 16.5. The Balaban J connectivity index is 1.76. The molecule has 5 heteroatoms. The molecule has 1 aromatic heterocycles. The Hall–Kier alpha value is -1.36. The fraction of sp³-hybridized carbons (Fsp3) is 0.714. The van der Waals surface area contributed by atoms with Gasteiger partial charge in [0, 0.05) is 12.1 Å². The molecule has 1 aliphatic carbocycles. The minimum atomic E-state index is 0.453. The number of aryl methyl sites for hydroxylation is 1. The van der Waals surface area contributed by atoms with Crippen molar-refractivity contribution in [1.82, 2.24) is 9.97 Å². The molecule has 1 aromatic rings. The minimum Gasteiger partial charge on any atom is -0.383 e. The highest BCUT2D eigenvalue weighted by Crippen LogP contribution is 2.20. The number of nitrogen functional groups attached to an aromatic ring is 1. The van der Waals surface area contributed by atoms with Crippen LogP contribution in [-0.4, -0.2) is 29.2 Å². The Morgan fingerprint density at radius 1 is 1.21 bits per heavy atom. The molecular weight excluding hydrogens is 240 g/mol. The third-order valence-corrected chi connectivity index (χ3v) is 3.60. The number of aromatic nitrogens is 2. The summed E-state index contributed by atoms with van der Waals surface area (Å²) in [5.41, 5.74) is 6.73. The van der Waals surface area contributed by atoms with E-state index < -0.39 is 0 Å². The van der Waals surface area contributed by atoms with E-state index in [1.807, 2.05) is 13.8 Å². The van der Waals surface area contributed by atoms with Gasteiger partial charge in [-0.05, 0) is 26.7 Å². The van der Waals surface area contributed by atoms with E-state index >= 15 is 0 Å².